The molecule has 0 aliphatic heterocycles. The largest absolute Gasteiger partial charge is 0.492 e. The molecule has 1 unspecified atom stereocenters. The van der Waals surface area contributed by atoms with Gasteiger partial charge in [-0.25, -0.2) is 0 Å². The Kier molecular flexibility index (Phi) is 6.81. The van der Waals surface area contributed by atoms with E-state index in [1.807, 2.05) is 13.0 Å². The lowest BCUT2D eigenvalue weighted by Crippen LogP contribution is -2.28. The van der Waals surface area contributed by atoms with Gasteiger partial charge in [0.05, 0.1) is 18.4 Å². The van der Waals surface area contributed by atoms with E-state index in [2.05, 4.69) is 24.1 Å². The van der Waals surface area contributed by atoms with Crippen LogP contribution in [0.3, 0.4) is 0 Å². The summed E-state index contributed by atoms with van der Waals surface area (Å²) in [6, 6.07) is 1.88. The maximum Gasteiger partial charge on any atom is 0.137 e. The third kappa shape index (κ3) is 5.57. The normalized spacial score (nSPS) is 14.1. The Balaban J connectivity index is 2.60. The average molecular weight is 266 g/mol. The topological polar surface area (TPSA) is 54.4 Å². The van der Waals surface area contributed by atoms with E-state index in [9.17, 15) is 5.11 Å². The molecule has 0 aliphatic rings. The number of aromatic nitrogens is 1. The van der Waals surface area contributed by atoms with Gasteiger partial charge in [-0.15, -0.1) is 0 Å². The highest BCUT2D eigenvalue weighted by atomic mass is 16.5. The van der Waals surface area contributed by atoms with Crippen LogP contribution < -0.4 is 10.1 Å². The summed E-state index contributed by atoms with van der Waals surface area (Å²) in [4.78, 5) is 4.14. The Hall–Kier alpha value is -1.13. The highest BCUT2D eigenvalue weighted by molar-refractivity contribution is 5.27. The number of aliphatic hydroxyl groups is 1. The van der Waals surface area contributed by atoms with Crippen molar-refractivity contribution in [2.45, 2.75) is 45.6 Å². The predicted molar refractivity (Wildman–Crippen MR) is 77.4 cm³/mol. The minimum Gasteiger partial charge on any atom is -0.492 e. The standard InChI is InChI=1S/C15H26N2O2/c1-4-7-16-8-6-15(3,18)13-10-14(12-17-11-13)19-9-5-2/h10-12,16,18H,4-9H2,1-3H3. The molecule has 4 nitrogen and oxygen atoms in total. The molecule has 0 saturated heterocycles. The molecule has 19 heavy (non-hydrogen) atoms. The van der Waals surface area contributed by atoms with Crippen LogP contribution in [0.4, 0.5) is 0 Å². The monoisotopic (exact) mass is 266 g/mol. The molecular weight excluding hydrogens is 240 g/mol. The van der Waals surface area contributed by atoms with Crippen LogP contribution in [-0.4, -0.2) is 29.8 Å². The van der Waals surface area contributed by atoms with E-state index in [1.165, 1.54) is 0 Å². The highest BCUT2D eigenvalue weighted by Crippen LogP contribution is 2.26. The SMILES string of the molecule is CCCNCCC(C)(O)c1cncc(OCCC)c1. The third-order valence-electron chi connectivity index (χ3n) is 3.02. The predicted octanol–water partition coefficient (Wildman–Crippen LogP) is 2.47. The second-order valence-corrected chi connectivity index (χ2v) is 5.03. The molecule has 1 heterocycles. The van der Waals surface area contributed by atoms with Crippen LogP contribution in [0.15, 0.2) is 18.5 Å². The zero-order chi connectivity index (χ0) is 14.1. The zero-order valence-electron chi connectivity index (χ0n) is 12.3. The summed E-state index contributed by atoms with van der Waals surface area (Å²) < 4.78 is 5.54. The molecule has 108 valence electrons. The number of nitrogens with zero attached hydrogens (tertiary/aromatic N) is 1. The van der Waals surface area contributed by atoms with Crippen LogP contribution in [0, 0.1) is 0 Å². The fourth-order valence-corrected chi connectivity index (χ4v) is 1.79. The van der Waals surface area contributed by atoms with Crippen LogP contribution in [0.25, 0.3) is 0 Å². The van der Waals surface area contributed by atoms with Crippen molar-refractivity contribution in [2.24, 2.45) is 0 Å². The molecule has 1 aromatic heterocycles. The molecule has 1 aromatic rings. The number of nitrogens with one attached hydrogen (secondary N) is 1. The molecule has 0 saturated carbocycles. The van der Waals surface area contributed by atoms with E-state index in [0.29, 0.717) is 13.0 Å². The van der Waals surface area contributed by atoms with Gasteiger partial charge < -0.3 is 15.2 Å². The van der Waals surface area contributed by atoms with Gasteiger partial charge in [0.1, 0.15) is 5.75 Å². The molecular formula is C15H26N2O2. The summed E-state index contributed by atoms with van der Waals surface area (Å²) in [6.45, 7) is 8.46. The first-order valence-corrected chi connectivity index (χ1v) is 7.11. The van der Waals surface area contributed by atoms with Gasteiger partial charge in [-0.1, -0.05) is 13.8 Å². The second-order valence-electron chi connectivity index (χ2n) is 5.03. The smallest absolute Gasteiger partial charge is 0.137 e. The van der Waals surface area contributed by atoms with Crippen molar-refractivity contribution in [3.63, 3.8) is 0 Å². The van der Waals surface area contributed by atoms with Crippen LogP contribution in [0.1, 0.15) is 45.6 Å². The van der Waals surface area contributed by atoms with E-state index >= 15 is 0 Å². The minimum absolute atomic E-state index is 0.659. The van der Waals surface area contributed by atoms with Crippen molar-refractivity contribution in [1.82, 2.24) is 10.3 Å². The average Bonchev–Trinajstić information content (AvgIpc) is 2.42. The Labute approximate surface area is 116 Å². The van der Waals surface area contributed by atoms with Gasteiger partial charge in [-0.3, -0.25) is 4.98 Å². The second kappa shape index (κ2) is 8.12. The van der Waals surface area contributed by atoms with E-state index in [0.717, 1.165) is 37.2 Å². The Bertz CT molecular complexity index is 367. The summed E-state index contributed by atoms with van der Waals surface area (Å²) in [6.07, 6.45) is 6.11. The third-order valence-corrected chi connectivity index (χ3v) is 3.02. The maximum atomic E-state index is 10.5. The highest BCUT2D eigenvalue weighted by Gasteiger charge is 2.23. The van der Waals surface area contributed by atoms with Crippen molar-refractivity contribution in [3.05, 3.63) is 24.0 Å². The number of pyridine rings is 1. The van der Waals surface area contributed by atoms with Gasteiger partial charge in [0.2, 0.25) is 0 Å². The molecule has 1 rings (SSSR count). The van der Waals surface area contributed by atoms with Gasteiger partial charge in [-0.05, 0) is 45.3 Å². The summed E-state index contributed by atoms with van der Waals surface area (Å²) in [7, 11) is 0. The summed E-state index contributed by atoms with van der Waals surface area (Å²) in [5.74, 6) is 0.723. The van der Waals surface area contributed by atoms with Crippen LogP contribution in [-0.2, 0) is 5.60 Å². The number of ether oxygens (including phenoxy) is 1. The number of hydrogen-bond donors (Lipinski definition) is 2. The first-order chi connectivity index (χ1) is 9.10. The van der Waals surface area contributed by atoms with Gasteiger partial charge in [0.25, 0.3) is 0 Å². The quantitative estimate of drug-likeness (QED) is 0.674. The minimum atomic E-state index is -0.876. The maximum absolute atomic E-state index is 10.5. The van der Waals surface area contributed by atoms with Crippen molar-refractivity contribution in [2.75, 3.05) is 19.7 Å². The fourth-order valence-electron chi connectivity index (χ4n) is 1.79. The molecule has 2 N–H and O–H groups in total. The van der Waals surface area contributed by atoms with Crippen molar-refractivity contribution < 1.29 is 9.84 Å². The molecule has 0 bridgehead atoms. The van der Waals surface area contributed by atoms with E-state index in [1.54, 1.807) is 12.4 Å². The zero-order valence-corrected chi connectivity index (χ0v) is 12.3. The molecule has 0 radical (unpaired) electrons. The van der Waals surface area contributed by atoms with Crippen LogP contribution >= 0.6 is 0 Å². The molecule has 0 aromatic carbocycles. The first kappa shape index (κ1) is 15.9. The van der Waals surface area contributed by atoms with Gasteiger partial charge in [0.15, 0.2) is 0 Å². The summed E-state index contributed by atoms with van der Waals surface area (Å²) >= 11 is 0. The van der Waals surface area contributed by atoms with Gasteiger partial charge in [-0.2, -0.15) is 0 Å². The first-order valence-electron chi connectivity index (χ1n) is 7.11. The Morgan fingerprint density at radius 1 is 1.26 bits per heavy atom. The molecule has 0 fully saturated rings. The summed E-state index contributed by atoms with van der Waals surface area (Å²) in [5, 5.41) is 13.8. The van der Waals surface area contributed by atoms with Crippen LogP contribution in [0.5, 0.6) is 5.75 Å². The van der Waals surface area contributed by atoms with E-state index in [-0.39, 0.29) is 0 Å². The lowest BCUT2D eigenvalue weighted by atomic mass is 9.94. The van der Waals surface area contributed by atoms with Crippen molar-refractivity contribution in [3.8, 4) is 5.75 Å². The van der Waals surface area contributed by atoms with Gasteiger partial charge in [0, 0.05) is 11.8 Å². The van der Waals surface area contributed by atoms with Gasteiger partial charge >= 0.3 is 0 Å². The van der Waals surface area contributed by atoms with Crippen molar-refractivity contribution in [1.29, 1.82) is 0 Å². The lowest BCUT2D eigenvalue weighted by Gasteiger charge is -2.24. The Morgan fingerprint density at radius 2 is 2.05 bits per heavy atom. The number of rotatable bonds is 9. The lowest BCUT2D eigenvalue weighted by molar-refractivity contribution is 0.0474. The molecule has 0 amide bonds. The molecule has 0 spiro atoms. The van der Waals surface area contributed by atoms with E-state index < -0.39 is 5.60 Å². The Morgan fingerprint density at radius 3 is 2.74 bits per heavy atom. The molecule has 1 atom stereocenters. The molecule has 0 aliphatic carbocycles. The number of hydrogen-bond acceptors (Lipinski definition) is 4. The van der Waals surface area contributed by atoms with Crippen molar-refractivity contribution >= 4 is 0 Å². The summed E-state index contributed by atoms with van der Waals surface area (Å²) in [5.41, 5.74) is -0.0707. The van der Waals surface area contributed by atoms with Crippen LogP contribution in [0.2, 0.25) is 0 Å². The van der Waals surface area contributed by atoms with E-state index in [4.69, 9.17) is 4.74 Å². The fraction of sp³-hybridized carbons (Fsp3) is 0.667. The molecule has 4 heteroatoms.